The number of rotatable bonds is 5. The van der Waals surface area contributed by atoms with E-state index in [1.807, 2.05) is 36.6 Å². The lowest BCUT2D eigenvalue weighted by Gasteiger charge is -2.07. The van der Waals surface area contributed by atoms with Crippen LogP contribution in [0.15, 0.2) is 60.0 Å². The molecule has 1 N–H and O–H groups in total. The number of anilines is 1. The molecular weight excluding hydrogens is 408 g/mol. The van der Waals surface area contributed by atoms with Crippen molar-refractivity contribution >= 4 is 34.7 Å². The van der Waals surface area contributed by atoms with E-state index >= 15 is 0 Å². The predicted molar refractivity (Wildman–Crippen MR) is 115 cm³/mol. The largest absolute Gasteiger partial charge is 0.497 e. The van der Waals surface area contributed by atoms with Crippen LogP contribution in [-0.2, 0) is 0 Å². The van der Waals surface area contributed by atoms with Crippen molar-refractivity contribution in [2.75, 3.05) is 12.4 Å². The van der Waals surface area contributed by atoms with Crippen molar-refractivity contribution in [3.05, 3.63) is 76.3 Å². The lowest BCUT2D eigenvalue weighted by atomic mass is 10.2. The predicted octanol–water partition coefficient (Wildman–Crippen LogP) is 5.22. The number of nitrogens with one attached hydrogen (secondary N) is 1. The fraction of sp³-hybridized carbons (Fsp3) is 0.0952. The Morgan fingerprint density at radius 2 is 2.00 bits per heavy atom. The molecule has 0 aliphatic carbocycles. The molecule has 1 amide bonds. The number of halogens is 1. The average Bonchev–Trinajstić information content (AvgIpc) is 3.34. The first-order chi connectivity index (χ1) is 14.0. The first-order valence-electron chi connectivity index (χ1n) is 8.77. The lowest BCUT2D eigenvalue weighted by Crippen LogP contribution is -2.15. The molecule has 2 heterocycles. The van der Waals surface area contributed by atoms with Gasteiger partial charge >= 0.3 is 0 Å². The zero-order valence-corrected chi connectivity index (χ0v) is 17.3. The highest BCUT2D eigenvalue weighted by Gasteiger charge is 2.16. The molecule has 0 aliphatic heterocycles. The van der Waals surface area contributed by atoms with Crippen molar-refractivity contribution in [3.8, 4) is 22.1 Å². The summed E-state index contributed by atoms with van der Waals surface area (Å²) in [6.45, 7) is 1.86. The molecular formula is C21H17ClN4O2S. The Bertz CT molecular complexity index is 1180. The van der Waals surface area contributed by atoms with E-state index in [4.69, 9.17) is 16.3 Å². The maximum Gasteiger partial charge on any atom is 0.256 e. The normalized spacial score (nSPS) is 10.7. The highest BCUT2D eigenvalue weighted by atomic mass is 35.5. The summed E-state index contributed by atoms with van der Waals surface area (Å²) < 4.78 is 6.92. The van der Waals surface area contributed by atoms with Gasteiger partial charge in [-0.15, -0.1) is 11.3 Å². The zero-order chi connectivity index (χ0) is 20.4. The summed E-state index contributed by atoms with van der Waals surface area (Å²) in [5, 5.41) is 10.5. The third-order valence-corrected chi connectivity index (χ3v) is 5.25. The van der Waals surface area contributed by atoms with Crippen molar-refractivity contribution in [1.29, 1.82) is 0 Å². The van der Waals surface area contributed by atoms with E-state index in [1.165, 1.54) is 11.3 Å². The molecule has 0 saturated heterocycles. The molecule has 0 unspecified atom stereocenters. The van der Waals surface area contributed by atoms with Crippen LogP contribution in [-0.4, -0.2) is 27.8 Å². The molecule has 4 aromatic rings. The molecule has 0 radical (unpaired) electrons. The van der Waals surface area contributed by atoms with Crippen LogP contribution in [0.25, 0.3) is 16.4 Å². The van der Waals surface area contributed by atoms with Crippen LogP contribution in [0.1, 0.15) is 16.1 Å². The van der Waals surface area contributed by atoms with Gasteiger partial charge in [-0.05, 0) is 37.3 Å². The number of amides is 1. The van der Waals surface area contributed by atoms with Crippen LogP contribution in [0.5, 0.6) is 5.75 Å². The SMILES string of the molecule is COc1cccc(-c2csc(-n3nc(C)cc3NC(=O)c3cccc(Cl)c3)n2)c1. The van der Waals surface area contributed by atoms with Gasteiger partial charge < -0.3 is 10.1 Å². The number of hydrogen-bond donors (Lipinski definition) is 1. The lowest BCUT2D eigenvalue weighted by molar-refractivity contribution is 0.102. The molecule has 29 heavy (non-hydrogen) atoms. The number of aryl methyl sites for hydroxylation is 1. The third kappa shape index (κ3) is 4.16. The van der Waals surface area contributed by atoms with Crippen LogP contribution < -0.4 is 10.1 Å². The van der Waals surface area contributed by atoms with Gasteiger partial charge in [0, 0.05) is 27.6 Å². The van der Waals surface area contributed by atoms with Gasteiger partial charge in [-0.1, -0.05) is 29.8 Å². The fourth-order valence-corrected chi connectivity index (χ4v) is 3.82. The van der Waals surface area contributed by atoms with Crippen molar-refractivity contribution in [2.45, 2.75) is 6.92 Å². The molecule has 0 atom stereocenters. The molecule has 0 fully saturated rings. The summed E-state index contributed by atoms with van der Waals surface area (Å²) in [5.74, 6) is 1.04. The first-order valence-corrected chi connectivity index (χ1v) is 10.0. The maximum absolute atomic E-state index is 12.6. The first kappa shape index (κ1) is 19.2. The number of benzene rings is 2. The zero-order valence-electron chi connectivity index (χ0n) is 15.7. The molecule has 4 rings (SSSR count). The van der Waals surface area contributed by atoms with Crippen LogP contribution in [0.4, 0.5) is 5.82 Å². The van der Waals surface area contributed by atoms with Gasteiger partial charge in [-0.3, -0.25) is 4.79 Å². The topological polar surface area (TPSA) is 69.0 Å². The summed E-state index contributed by atoms with van der Waals surface area (Å²) in [7, 11) is 1.63. The number of nitrogens with zero attached hydrogens (tertiary/aromatic N) is 3. The van der Waals surface area contributed by atoms with Gasteiger partial charge in [0.1, 0.15) is 11.6 Å². The van der Waals surface area contributed by atoms with Crippen molar-refractivity contribution < 1.29 is 9.53 Å². The summed E-state index contributed by atoms with van der Waals surface area (Å²) in [6.07, 6.45) is 0. The molecule has 0 bridgehead atoms. The molecule has 2 aromatic heterocycles. The molecule has 0 aliphatic rings. The number of thiazole rings is 1. The quantitative estimate of drug-likeness (QED) is 0.477. The van der Waals surface area contributed by atoms with Gasteiger partial charge in [0.25, 0.3) is 5.91 Å². The summed E-state index contributed by atoms with van der Waals surface area (Å²) in [6, 6.07) is 16.3. The van der Waals surface area contributed by atoms with Crippen molar-refractivity contribution in [3.63, 3.8) is 0 Å². The van der Waals surface area contributed by atoms with E-state index in [0.717, 1.165) is 22.7 Å². The fourth-order valence-electron chi connectivity index (χ4n) is 2.83. The Morgan fingerprint density at radius 1 is 1.17 bits per heavy atom. The minimum atomic E-state index is -0.266. The van der Waals surface area contributed by atoms with Gasteiger partial charge in [-0.2, -0.15) is 9.78 Å². The Balaban J connectivity index is 1.63. The number of ether oxygens (including phenoxy) is 1. The Kier molecular flexibility index (Phi) is 5.33. The van der Waals surface area contributed by atoms with E-state index in [2.05, 4.69) is 15.4 Å². The minimum absolute atomic E-state index is 0.266. The van der Waals surface area contributed by atoms with Gasteiger partial charge in [0.05, 0.1) is 18.5 Å². The third-order valence-electron chi connectivity index (χ3n) is 4.20. The van der Waals surface area contributed by atoms with E-state index < -0.39 is 0 Å². The van der Waals surface area contributed by atoms with E-state index in [9.17, 15) is 4.79 Å². The van der Waals surface area contributed by atoms with Gasteiger partial charge in [-0.25, -0.2) is 4.98 Å². The van der Waals surface area contributed by atoms with E-state index in [0.29, 0.717) is 21.5 Å². The second kappa shape index (κ2) is 8.06. The minimum Gasteiger partial charge on any atom is -0.497 e. The molecule has 146 valence electrons. The second-order valence-electron chi connectivity index (χ2n) is 6.29. The maximum atomic E-state index is 12.6. The summed E-state index contributed by atoms with van der Waals surface area (Å²) in [5.41, 5.74) is 2.99. The van der Waals surface area contributed by atoms with Gasteiger partial charge in [0.2, 0.25) is 5.13 Å². The number of carbonyl (C=O) groups excluding carboxylic acids is 1. The monoisotopic (exact) mass is 424 g/mol. The summed E-state index contributed by atoms with van der Waals surface area (Å²) >= 11 is 7.43. The molecule has 6 nitrogen and oxygen atoms in total. The smallest absolute Gasteiger partial charge is 0.256 e. The number of methoxy groups -OCH3 is 1. The van der Waals surface area contributed by atoms with Crippen molar-refractivity contribution in [1.82, 2.24) is 14.8 Å². The highest BCUT2D eigenvalue weighted by molar-refractivity contribution is 7.12. The van der Waals surface area contributed by atoms with Crippen molar-refractivity contribution in [2.24, 2.45) is 0 Å². The molecule has 0 saturated carbocycles. The standard InChI is InChI=1S/C21H17ClN4O2S/c1-13-9-19(24-20(27)15-6-3-7-16(22)10-15)26(25-13)21-23-18(12-29-21)14-5-4-8-17(11-14)28-2/h3-12H,1-2H3,(H,24,27). The number of carbonyl (C=O) groups is 1. The van der Waals surface area contributed by atoms with E-state index in [-0.39, 0.29) is 5.91 Å². The average molecular weight is 425 g/mol. The highest BCUT2D eigenvalue weighted by Crippen LogP contribution is 2.28. The number of hydrogen-bond acceptors (Lipinski definition) is 5. The Hall–Kier alpha value is -3.16. The Labute approximate surface area is 176 Å². The van der Waals surface area contributed by atoms with Crippen LogP contribution in [0.2, 0.25) is 5.02 Å². The molecule has 0 spiro atoms. The van der Waals surface area contributed by atoms with E-state index in [1.54, 1.807) is 42.1 Å². The number of aromatic nitrogens is 3. The van der Waals surface area contributed by atoms with Crippen LogP contribution >= 0.6 is 22.9 Å². The molecule has 2 aromatic carbocycles. The second-order valence-corrected chi connectivity index (χ2v) is 7.57. The van der Waals surface area contributed by atoms with Crippen LogP contribution in [0.3, 0.4) is 0 Å². The Morgan fingerprint density at radius 3 is 2.79 bits per heavy atom. The molecule has 8 heteroatoms. The van der Waals surface area contributed by atoms with Gasteiger partial charge in [0.15, 0.2) is 0 Å². The summed E-state index contributed by atoms with van der Waals surface area (Å²) in [4.78, 5) is 17.3. The van der Waals surface area contributed by atoms with Crippen LogP contribution in [0, 0.1) is 6.92 Å².